The van der Waals surface area contributed by atoms with Crippen molar-refractivity contribution in [2.24, 2.45) is 0 Å². The van der Waals surface area contributed by atoms with Crippen molar-refractivity contribution in [3.8, 4) is 0 Å². The van der Waals surface area contributed by atoms with Gasteiger partial charge in [-0.05, 0) is 62.6 Å². The van der Waals surface area contributed by atoms with Crippen LogP contribution in [0.4, 0.5) is 25.8 Å². The highest BCUT2D eigenvalue weighted by atomic mass is 19.1. The average molecular weight is 359 g/mol. The summed E-state index contributed by atoms with van der Waals surface area (Å²) < 4.78 is 27.3. The normalized spacial score (nSPS) is 15.4. The number of piperidine rings is 1. The molecule has 1 atom stereocenters. The van der Waals surface area contributed by atoms with Crippen molar-refractivity contribution >= 4 is 23.0 Å². The van der Waals surface area contributed by atoms with Gasteiger partial charge in [0.15, 0.2) is 0 Å². The Labute approximate surface area is 152 Å². The van der Waals surface area contributed by atoms with Crippen LogP contribution in [0, 0.1) is 11.6 Å². The highest BCUT2D eigenvalue weighted by Crippen LogP contribution is 2.22. The highest BCUT2D eigenvalue weighted by molar-refractivity contribution is 5.96. The summed E-state index contributed by atoms with van der Waals surface area (Å²) in [6.07, 6.45) is 3.71. The van der Waals surface area contributed by atoms with Gasteiger partial charge in [-0.2, -0.15) is 0 Å². The lowest BCUT2D eigenvalue weighted by Crippen LogP contribution is -2.32. The molecular weight excluding hydrogens is 336 g/mol. The second kappa shape index (κ2) is 8.17. The van der Waals surface area contributed by atoms with Gasteiger partial charge in [-0.25, -0.2) is 8.78 Å². The molecule has 1 amide bonds. The van der Waals surface area contributed by atoms with Crippen molar-refractivity contribution < 1.29 is 13.6 Å². The smallest absolute Gasteiger partial charge is 0.246 e. The van der Waals surface area contributed by atoms with Crippen molar-refractivity contribution in [2.45, 2.75) is 32.2 Å². The van der Waals surface area contributed by atoms with E-state index < -0.39 is 29.3 Å². The molecule has 26 heavy (non-hydrogen) atoms. The number of amides is 1. The zero-order valence-corrected chi connectivity index (χ0v) is 14.8. The van der Waals surface area contributed by atoms with E-state index in [2.05, 4.69) is 15.5 Å². The number of halogens is 2. The van der Waals surface area contributed by atoms with Gasteiger partial charge < -0.3 is 15.5 Å². The largest absolute Gasteiger partial charge is 0.374 e. The van der Waals surface area contributed by atoms with Gasteiger partial charge >= 0.3 is 0 Å². The summed E-state index contributed by atoms with van der Waals surface area (Å²) in [5.74, 6) is -2.10. The highest BCUT2D eigenvalue weighted by Gasteiger charge is 2.17. The summed E-state index contributed by atoms with van der Waals surface area (Å²) in [5.41, 5.74) is 1.52. The third-order valence-corrected chi connectivity index (χ3v) is 4.58. The summed E-state index contributed by atoms with van der Waals surface area (Å²) in [5, 5.41) is 5.36. The van der Waals surface area contributed by atoms with E-state index in [1.54, 1.807) is 6.92 Å². The third-order valence-electron chi connectivity index (χ3n) is 4.58. The molecule has 1 fully saturated rings. The number of hydrogen-bond acceptors (Lipinski definition) is 3. The van der Waals surface area contributed by atoms with Crippen molar-refractivity contribution in [1.29, 1.82) is 0 Å². The molecular formula is C20H23F2N3O. The van der Waals surface area contributed by atoms with E-state index in [9.17, 15) is 13.6 Å². The molecule has 0 aromatic heterocycles. The van der Waals surface area contributed by atoms with Crippen LogP contribution in [0.5, 0.6) is 0 Å². The Hall–Kier alpha value is -2.63. The zero-order chi connectivity index (χ0) is 18.5. The van der Waals surface area contributed by atoms with Gasteiger partial charge in [0.1, 0.15) is 23.4 Å². The lowest BCUT2D eigenvalue weighted by atomic mass is 10.1. The minimum absolute atomic E-state index is 0.424. The molecule has 0 aliphatic carbocycles. The van der Waals surface area contributed by atoms with Crippen LogP contribution in [-0.2, 0) is 4.79 Å². The average Bonchev–Trinajstić information content (AvgIpc) is 2.66. The Balaban J connectivity index is 1.60. The van der Waals surface area contributed by atoms with Crippen molar-refractivity contribution in [3.05, 3.63) is 54.1 Å². The molecule has 4 nitrogen and oxygen atoms in total. The number of rotatable bonds is 5. The summed E-state index contributed by atoms with van der Waals surface area (Å²) in [6.45, 7) is 3.78. The SMILES string of the molecule is C[C@@H](Nc1ccc(N2CCCCC2)cc1)C(=O)Nc1c(F)cccc1F. The zero-order valence-electron chi connectivity index (χ0n) is 14.8. The second-order valence-corrected chi connectivity index (χ2v) is 6.55. The Bertz CT molecular complexity index is 738. The topological polar surface area (TPSA) is 44.4 Å². The van der Waals surface area contributed by atoms with Crippen molar-refractivity contribution in [3.63, 3.8) is 0 Å². The third kappa shape index (κ3) is 4.31. The van der Waals surface area contributed by atoms with Gasteiger partial charge in [-0.1, -0.05) is 6.07 Å². The minimum Gasteiger partial charge on any atom is -0.374 e. The van der Waals surface area contributed by atoms with Gasteiger partial charge in [0.05, 0.1) is 0 Å². The van der Waals surface area contributed by atoms with E-state index in [0.717, 1.165) is 30.9 Å². The van der Waals surface area contributed by atoms with Crippen LogP contribution < -0.4 is 15.5 Å². The van der Waals surface area contributed by atoms with Gasteiger partial charge in [-0.15, -0.1) is 0 Å². The molecule has 2 aromatic rings. The first kappa shape index (κ1) is 18.2. The summed E-state index contributed by atoms with van der Waals surface area (Å²) in [6, 6.07) is 10.7. The van der Waals surface area contributed by atoms with Crippen molar-refractivity contribution in [2.75, 3.05) is 28.6 Å². The first-order chi connectivity index (χ1) is 12.5. The van der Waals surface area contributed by atoms with E-state index in [1.165, 1.54) is 31.0 Å². The standard InChI is InChI=1S/C20H23F2N3O/c1-14(20(26)24-19-17(21)6-5-7-18(19)22)23-15-8-10-16(11-9-15)25-12-3-2-4-13-25/h5-11,14,23H,2-4,12-13H2,1H3,(H,24,26)/t14-/m1/s1. The number of nitrogens with zero attached hydrogens (tertiary/aromatic N) is 1. The van der Waals surface area contributed by atoms with E-state index >= 15 is 0 Å². The fraction of sp³-hybridized carbons (Fsp3) is 0.350. The lowest BCUT2D eigenvalue weighted by Gasteiger charge is -2.29. The number of carbonyl (C=O) groups excluding carboxylic acids is 1. The number of hydrogen-bond donors (Lipinski definition) is 2. The van der Waals surface area contributed by atoms with Crippen LogP contribution in [-0.4, -0.2) is 25.0 Å². The van der Waals surface area contributed by atoms with E-state index in [0.29, 0.717) is 0 Å². The number of benzene rings is 2. The predicted octanol–water partition coefficient (Wildman–Crippen LogP) is 4.39. The molecule has 0 unspecified atom stereocenters. The second-order valence-electron chi connectivity index (χ2n) is 6.55. The summed E-state index contributed by atoms with van der Waals surface area (Å²) in [4.78, 5) is 14.6. The molecule has 1 aliphatic rings. The molecule has 138 valence electrons. The molecule has 0 bridgehead atoms. The summed E-state index contributed by atoms with van der Waals surface area (Å²) in [7, 11) is 0. The minimum atomic E-state index is -0.795. The van der Waals surface area contributed by atoms with Gasteiger partial charge in [-0.3, -0.25) is 4.79 Å². The molecule has 1 saturated heterocycles. The van der Waals surface area contributed by atoms with E-state index in [1.807, 2.05) is 24.3 Å². The van der Waals surface area contributed by atoms with Gasteiger partial charge in [0.2, 0.25) is 5.91 Å². The molecule has 1 heterocycles. The van der Waals surface area contributed by atoms with Crippen LogP contribution in [0.25, 0.3) is 0 Å². The van der Waals surface area contributed by atoms with E-state index in [4.69, 9.17) is 0 Å². The molecule has 0 saturated carbocycles. The number of nitrogens with one attached hydrogen (secondary N) is 2. The number of carbonyl (C=O) groups is 1. The molecule has 2 aromatic carbocycles. The van der Waals surface area contributed by atoms with Gasteiger partial charge in [0, 0.05) is 24.5 Å². The molecule has 1 aliphatic heterocycles. The maximum atomic E-state index is 13.6. The fourth-order valence-corrected chi connectivity index (χ4v) is 3.08. The lowest BCUT2D eigenvalue weighted by molar-refractivity contribution is -0.116. The number of para-hydroxylation sites is 1. The van der Waals surface area contributed by atoms with Gasteiger partial charge in [0.25, 0.3) is 0 Å². The first-order valence-electron chi connectivity index (χ1n) is 8.91. The Morgan fingerprint density at radius 1 is 1.00 bits per heavy atom. The van der Waals surface area contributed by atoms with Crippen LogP contribution in [0.1, 0.15) is 26.2 Å². The molecule has 3 rings (SSSR count). The monoisotopic (exact) mass is 359 g/mol. The van der Waals surface area contributed by atoms with Crippen LogP contribution in [0.15, 0.2) is 42.5 Å². The molecule has 0 spiro atoms. The number of anilines is 3. The van der Waals surface area contributed by atoms with E-state index in [-0.39, 0.29) is 0 Å². The Kier molecular flexibility index (Phi) is 5.71. The molecule has 6 heteroatoms. The summed E-state index contributed by atoms with van der Waals surface area (Å²) >= 11 is 0. The maximum absolute atomic E-state index is 13.6. The van der Waals surface area contributed by atoms with Crippen molar-refractivity contribution in [1.82, 2.24) is 0 Å². The van der Waals surface area contributed by atoms with Crippen LogP contribution in [0.2, 0.25) is 0 Å². The first-order valence-corrected chi connectivity index (χ1v) is 8.91. The fourth-order valence-electron chi connectivity index (χ4n) is 3.08. The molecule has 2 N–H and O–H groups in total. The predicted molar refractivity (Wildman–Crippen MR) is 101 cm³/mol. The quantitative estimate of drug-likeness (QED) is 0.832. The van der Waals surface area contributed by atoms with Crippen LogP contribution >= 0.6 is 0 Å². The van der Waals surface area contributed by atoms with Crippen LogP contribution in [0.3, 0.4) is 0 Å². The Morgan fingerprint density at radius 3 is 2.23 bits per heavy atom. The Morgan fingerprint density at radius 2 is 1.62 bits per heavy atom. The maximum Gasteiger partial charge on any atom is 0.246 e. The molecule has 0 radical (unpaired) electrons.